The molecule has 1 aromatic rings. The Balaban J connectivity index is 1.44. The van der Waals surface area contributed by atoms with E-state index < -0.39 is 17.9 Å². The first-order valence-corrected chi connectivity index (χ1v) is 11.0. The molecule has 172 valence electrons. The minimum absolute atomic E-state index is 0.176. The van der Waals surface area contributed by atoms with Crippen LogP contribution < -0.4 is 5.32 Å². The lowest BCUT2D eigenvalue weighted by Crippen LogP contribution is -2.58. The van der Waals surface area contributed by atoms with Crippen LogP contribution >= 0.6 is 0 Å². The van der Waals surface area contributed by atoms with Crippen LogP contribution in [-0.2, 0) is 19.1 Å². The normalized spacial score (nSPS) is 22.7. The molecular formula is C22H28N4O6. The second-order valence-electron chi connectivity index (χ2n) is 8.05. The van der Waals surface area contributed by atoms with Gasteiger partial charge in [-0.2, -0.15) is 0 Å². The highest BCUT2D eigenvalue weighted by Crippen LogP contribution is 2.18. The number of ether oxygens (including phenoxy) is 2. The van der Waals surface area contributed by atoms with Crippen LogP contribution in [0.15, 0.2) is 24.3 Å². The summed E-state index contributed by atoms with van der Waals surface area (Å²) >= 11 is 0. The first kappa shape index (κ1) is 22.4. The Morgan fingerprint density at radius 2 is 1.56 bits per heavy atom. The Kier molecular flexibility index (Phi) is 7.13. The number of hydrogen-bond donors (Lipinski definition) is 1. The van der Waals surface area contributed by atoms with Crippen LogP contribution in [0.2, 0.25) is 0 Å². The molecule has 10 heteroatoms. The average molecular weight is 444 g/mol. The van der Waals surface area contributed by atoms with E-state index in [4.69, 9.17) is 9.47 Å². The van der Waals surface area contributed by atoms with Gasteiger partial charge in [0.15, 0.2) is 0 Å². The summed E-state index contributed by atoms with van der Waals surface area (Å²) < 4.78 is 10.6. The molecule has 0 aromatic heterocycles. The summed E-state index contributed by atoms with van der Waals surface area (Å²) in [4.78, 5) is 56.2. The molecule has 3 aliphatic heterocycles. The summed E-state index contributed by atoms with van der Waals surface area (Å²) in [5.74, 6) is -1.40. The average Bonchev–Trinajstić information content (AvgIpc) is 2.84. The fraction of sp³-hybridized carbons (Fsp3) is 0.545. The van der Waals surface area contributed by atoms with Crippen molar-refractivity contribution in [3.8, 4) is 0 Å². The van der Waals surface area contributed by atoms with E-state index >= 15 is 0 Å². The lowest BCUT2D eigenvalue weighted by Gasteiger charge is -2.36. The highest BCUT2D eigenvalue weighted by Gasteiger charge is 2.37. The zero-order chi connectivity index (χ0) is 22.5. The predicted octanol–water partition coefficient (Wildman–Crippen LogP) is -0.304. The maximum atomic E-state index is 13.1. The van der Waals surface area contributed by atoms with Gasteiger partial charge in [-0.25, -0.2) is 0 Å². The monoisotopic (exact) mass is 444 g/mol. The molecule has 0 spiro atoms. The molecule has 3 saturated heterocycles. The van der Waals surface area contributed by atoms with Crippen molar-refractivity contribution in [2.24, 2.45) is 0 Å². The number of carbonyl (C=O) groups excluding carboxylic acids is 4. The SMILES string of the molecule is O=C(NC1CCC(=O)N(CN2CCOCC2)C1=O)c1ccccc1C(=O)N1CCOCC1. The summed E-state index contributed by atoms with van der Waals surface area (Å²) in [7, 11) is 0. The van der Waals surface area contributed by atoms with Gasteiger partial charge in [0, 0.05) is 32.6 Å². The van der Waals surface area contributed by atoms with Gasteiger partial charge in [-0.3, -0.25) is 29.0 Å². The van der Waals surface area contributed by atoms with Crippen LogP contribution in [0.25, 0.3) is 0 Å². The van der Waals surface area contributed by atoms with Crippen LogP contribution in [-0.4, -0.2) is 104 Å². The molecule has 4 rings (SSSR count). The maximum Gasteiger partial charge on any atom is 0.254 e. The van der Waals surface area contributed by atoms with Crippen LogP contribution in [0.5, 0.6) is 0 Å². The maximum absolute atomic E-state index is 13.1. The fourth-order valence-electron chi connectivity index (χ4n) is 4.10. The Morgan fingerprint density at radius 3 is 2.25 bits per heavy atom. The first-order chi connectivity index (χ1) is 15.5. The van der Waals surface area contributed by atoms with E-state index in [2.05, 4.69) is 5.32 Å². The number of hydrogen-bond acceptors (Lipinski definition) is 7. The Morgan fingerprint density at radius 1 is 0.938 bits per heavy atom. The zero-order valence-electron chi connectivity index (χ0n) is 18.0. The number of likely N-dealkylation sites (tertiary alicyclic amines) is 1. The molecule has 1 aromatic carbocycles. The summed E-state index contributed by atoms with van der Waals surface area (Å²) in [6.45, 7) is 4.46. The van der Waals surface area contributed by atoms with E-state index in [1.165, 1.54) is 4.90 Å². The number of piperidine rings is 1. The molecule has 0 radical (unpaired) electrons. The van der Waals surface area contributed by atoms with E-state index in [0.717, 1.165) is 0 Å². The van der Waals surface area contributed by atoms with E-state index in [-0.39, 0.29) is 42.5 Å². The lowest BCUT2D eigenvalue weighted by molar-refractivity contribution is -0.153. The molecule has 1 unspecified atom stereocenters. The van der Waals surface area contributed by atoms with Gasteiger partial charge < -0.3 is 19.7 Å². The highest BCUT2D eigenvalue weighted by atomic mass is 16.5. The standard InChI is InChI=1S/C22H28N4O6/c27-19-6-5-18(22(30)26(19)15-24-7-11-31-12-8-24)23-20(28)16-3-1-2-4-17(16)21(29)25-9-13-32-14-10-25/h1-4,18H,5-15H2,(H,23,28). The van der Waals surface area contributed by atoms with E-state index in [1.54, 1.807) is 29.2 Å². The molecular weight excluding hydrogens is 416 g/mol. The van der Waals surface area contributed by atoms with Gasteiger partial charge in [0.2, 0.25) is 5.91 Å². The number of morpholine rings is 2. The molecule has 3 fully saturated rings. The summed E-state index contributed by atoms with van der Waals surface area (Å²) in [5, 5.41) is 2.75. The highest BCUT2D eigenvalue weighted by molar-refractivity contribution is 6.09. The first-order valence-electron chi connectivity index (χ1n) is 11.0. The van der Waals surface area contributed by atoms with E-state index in [9.17, 15) is 19.2 Å². The summed E-state index contributed by atoms with van der Waals surface area (Å²) in [5.41, 5.74) is 0.504. The van der Waals surface area contributed by atoms with Gasteiger partial charge in [0.1, 0.15) is 6.04 Å². The molecule has 0 saturated carbocycles. The Bertz CT molecular complexity index is 879. The second kappa shape index (κ2) is 10.2. The van der Waals surface area contributed by atoms with Crippen LogP contribution in [0.1, 0.15) is 33.6 Å². The van der Waals surface area contributed by atoms with Gasteiger partial charge in [-0.15, -0.1) is 0 Å². The molecule has 3 heterocycles. The fourth-order valence-corrected chi connectivity index (χ4v) is 4.10. The largest absolute Gasteiger partial charge is 0.379 e. The molecule has 4 amide bonds. The van der Waals surface area contributed by atoms with Crippen molar-refractivity contribution in [1.82, 2.24) is 20.0 Å². The van der Waals surface area contributed by atoms with Crippen molar-refractivity contribution < 1.29 is 28.7 Å². The van der Waals surface area contributed by atoms with Crippen molar-refractivity contribution in [1.29, 1.82) is 0 Å². The topological polar surface area (TPSA) is 108 Å². The number of rotatable bonds is 5. The van der Waals surface area contributed by atoms with E-state index in [1.807, 2.05) is 4.90 Å². The van der Waals surface area contributed by atoms with Crippen LogP contribution in [0.3, 0.4) is 0 Å². The molecule has 10 nitrogen and oxygen atoms in total. The van der Waals surface area contributed by atoms with Gasteiger partial charge in [0.25, 0.3) is 17.7 Å². The molecule has 0 bridgehead atoms. The third-order valence-corrected chi connectivity index (χ3v) is 5.96. The zero-order valence-corrected chi connectivity index (χ0v) is 18.0. The number of nitrogens with zero attached hydrogens (tertiary/aromatic N) is 3. The predicted molar refractivity (Wildman–Crippen MR) is 113 cm³/mol. The van der Waals surface area contributed by atoms with Gasteiger partial charge in [-0.1, -0.05) is 12.1 Å². The van der Waals surface area contributed by atoms with Gasteiger partial charge in [0.05, 0.1) is 44.2 Å². The third-order valence-electron chi connectivity index (χ3n) is 5.96. The van der Waals surface area contributed by atoms with Gasteiger partial charge >= 0.3 is 0 Å². The minimum Gasteiger partial charge on any atom is -0.379 e. The minimum atomic E-state index is -0.812. The van der Waals surface area contributed by atoms with Gasteiger partial charge in [-0.05, 0) is 18.6 Å². The summed E-state index contributed by atoms with van der Waals surface area (Å²) in [6, 6.07) is 5.77. The lowest BCUT2D eigenvalue weighted by atomic mass is 10.0. The number of nitrogens with one attached hydrogen (secondary N) is 1. The Hall–Kier alpha value is -2.82. The van der Waals surface area contributed by atoms with Crippen LogP contribution in [0.4, 0.5) is 0 Å². The number of benzene rings is 1. The van der Waals surface area contributed by atoms with Crippen molar-refractivity contribution in [3.63, 3.8) is 0 Å². The van der Waals surface area contributed by atoms with Crippen molar-refractivity contribution >= 4 is 23.6 Å². The third kappa shape index (κ3) is 4.98. The number of imide groups is 1. The Labute approximate surface area is 186 Å². The summed E-state index contributed by atoms with van der Waals surface area (Å²) in [6.07, 6.45) is 0.415. The second-order valence-corrected chi connectivity index (χ2v) is 8.05. The van der Waals surface area contributed by atoms with Crippen LogP contribution in [0, 0.1) is 0 Å². The van der Waals surface area contributed by atoms with Crippen molar-refractivity contribution in [2.75, 3.05) is 59.3 Å². The molecule has 0 aliphatic carbocycles. The smallest absolute Gasteiger partial charge is 0.254 e. The molecule has 1 N–H and O–H groups in total. The molecule has 3 aliphatic rings. The van der Waals surface area contributed by atoms with Crippen molar-refractivity contribution in [2.45, 2.75) is 18.9 Å². The molecule has 1 atom stereocenters. The molecule has 32 heavy (non-hydrogen) atoms. The number of amides is 4. The van der Waals surface area contributed by atoms with Crippen molar-refractivity contribution in [3.05, 3.63) is 35.4 Å². The van der Waals surface area contributed by atoms with E-state index in [0.29, 0.717) is 52.6 Å². The quantitative estimate of drug-likeness (QED) is 0.621. The number of carbonyl (C=O) groups is 4.